The maximum atomic E-state index is 12.0. The van der Waals surface area contributed by atoms with Crippen LogP contribution in [0.1, 0.15) is 11.1 Å². The highest BCUT2D eigenvalue weighted by Crippen LogP contribution is 2.10. The van der Waals surface area contributed by atoms with Crippen LogP contribution in [0.4, 0.5) is 0 Å². The van der Waals surface area contributed by atoms with Gasteiger partial charge in [0.25, 0.3) is 0 Å². The predicted molar refractivity (Wildman–Crippen MR) is 72.2 cm³/mol. The zero-order valence-corrected chi connectivity index (χ0v) is 11.7. The minimum Gasteiger partial charge on any atom is -0.225 e. The molecule has 100 valence electrons. The van der Waals surface area contributed by atoms with Crippen molar-refractivity contribution in [1.82, 2.24) is 14.7 Å². The highest BCUT2D eigenvalue weighted by atomic mass is 35.5. The molecule has 0 radical (unpaired) electrons. The molecule has 0 atom stereocenters. The molecule has 0 saturated heterocycles. The van der Waals surface area contributed by atoms with E-state index in [4.69, 9.17) is 11.6 Å². The summed E-state index contributed by atoms with van der Waals surface area (Å²) in [5.41, 5.74) is 1.94. The van der Waals surface area contributed by atoms with E-state index in [1.54, 1.807) is 0 Å². The molecular weight excluding hydrogens is 286 g/mol. The summed E-state index contributed by atoms with van der Waals surface area (Å²) in [5, 5.41) is 0.0119. The van der Waals surface area contributed by atoms with Gasteiger partial charge in [0, 0.05) is 6.54 Å². The lowest BCUT2D eigenvalue weighted by molar-refractivity contribution is 0.580. The van der Waals surface area contributed by atoms with Crippen molar-refractivity contribution in [2.75, 3.05) is 0 Å². The van der Waals surface area contributed by atoms with Crippen LogP contribution in [-0.2, 0) is 16.6 Å². The van der Waals surface area contributed by atoms with E-state index in [-0.39, 0.29) is 16.7 Å². The third kappa shape index (κ3) is 3.50. The molecule has 19 heavy (non-hydrogen) atoms. The topological polar surface area (TPSA) is 72.0 Å². The second-order valence-electron chi connectivity index (χ2n) is 3.94. The number of nitrogens with zero attached hydrogens (tertiary/aromatic N) is 2. The Kier molecular flexibility index (Phi) is 4.14. The largest absolute Gasteiger partial charge is 0.243 e. The predicted octanol–water partition coefficient (Wildman–Crippen LogP) is 1.92. The first-order valence-corrected chi connectivity index (χ1v) is 7.37. The first-order chi connectivity index (χ1) is 8.99. The molecule has 1 N–H and O–H groups in total. The first-order valence-electron chi connectivity index (χ1n) is 5.51. The summed E-state index contributed by atoms with van der Waals surface area (Å²) in [6, 6.07) is 7.56. The molecule has 2 rings (SSSR count). The van der Waals surface area contributed by atoms with Gasteiger partial charge in [-0.2, -0.15) is 0 Å². The number of benzene rings is 1. The lowest BCUT2D eigenvalue weighted by atomic mass is 10.1. The standard InChI is InChI=1S/C12H12ClN3O2S/c1-9-4-2-3-5-10(9)6-16-19(17,18)11-7-14-12(13)15-8-11/h2-5,7-8,16H,6H2,1H3. The third-order valence-electron chi connectivity index (χ3n) is 2.62. The van der Waals surface area contributed by atoms with E-state index >= 15 is 0 Å². The molecule has 0 unspecified atom stereocenters. The molecule has 0 aliphatic heterocycles. The maximum Gasteiger partial charge on any atom is 0.243 e. The van der Waals surface area contributed by atoms with Crippen molar-refractivity contribution in [2.45, 2.75) is 18.4 Å². The van der Waals surface area contributed by atoms with Crippen molar-refractivity contribution < 1.29 is 8.42 Å². The molecule has 1 aromatic carbocycles. The lowest BCUT2D eigenvalue weighted by Crippen LogP contribution is -2.23. The molecule has 0 saturated carbocycles. The maximum absolute atomic E-state index is 12.0. The summed E-state index contributed by atoms with van der Waals surface area (Å²) >= 11 is 5.52. The number of hydrogen-bond acceptors (Lipinski definition) is 4. The SMILES string of the molecule is Cc1ccccc1CNS(=O)(=O)c1cnc(Cl)nc1. The van der Waals surface area contributed by atoms with E-state index in [0.29, 0.717) is 0 Å². The molecule has 0 aliphatic carbocycles. The molecular formula is C12H12ClN3O2S. The Labute approximate surface area is 116 Å². The van der Waals surface area contributed by atoms with Crippen molar-refractivity contribution in [1.29, 1.82) is 0 Å². The van der Waals surface area contributed by atoms with Crippen LogP contribution in [-0.4, -0.2) is 18.4 Å². The molecule has 2 aromatic rings. The molecule has 7 heteroatoms. The van der Waals surface area contributed by atoms with E-state index in [9.17, 15) is 8.42 Å². The van der Waals surface area contributed by atoms with Crippen LogP contribution in [0, 0.1) is 6.92 Å². The number of sulfonamides is 1. The Bertz CT molecular complexity index is 672. The van der Waals surface area contributed by atoms with Crippen molar-refractivity contribution in [3.8, 4) is 0 Å². The quantitative estimate of drug-likeness (QED) is 0.875. The minimum absolute atomic E-state index is 0.00881. The molecule has 0 amide bonds. The third-order valence-corrected chi connectivity index (χ3v) is 4.17. The monoisotopic (exact) mass is 297 g/mol. The van der Waals surface area contributed by atoms with Gasteiger partial charge in [0.2, 0.25) is 15.3 Å². The summed E-state index contributed by atoms with van der Waals surface area (Å²) < 4.78 is 26.5. The molecule has 0 fully saturated rings. The van der Waals surface area contributed by atoms with Crippen molar-refractivity contribution >= 4 is 21.6 Å². The zero-order chi connectivity index (χ0) is 13.9. The Morgan fingerprint density at radius 2 is 1.84 bits per heavy atom. The van der Waals surface area contributed by atoms with Gasteiger partial charge < -0.3 is 0 Å². The van der Waals surface area contributed by atoms with Crippen molar-refractivity contribution in [2.24, 2.45) is 0 Å². The van der Waals surface area contributed by atoms with E-state index < -0.39 is 10.0 Å². The van der Waals surface area contributed by atoms with Gasteiger partial charge in [-0.15, -0.1) is 0 Å². The number of halogens is 1. The van der Waals surface area contributed by atoms with Gasteiger partial charge in [0.05, 0.1) is 12.4 Å². The lowest BCUT2D eigenvalue weighted by Gasteiger charge is -2.08. The fraction of sp³-hybridized carbons (Fsp3) is 0.167. The van der Waals surface area contributed by atoms with Crippen molar-refractivity contribution in [3.05, 3.63) is 53.1 Å². The number of aromatic nitrogens is 2. The van der Waals surface area contributed by atoms with Crippen molar-refractivity contribution in [3.63, 3.8) is 0 Å². The molecule has 0 bridgehead atoms. The Morgan fingerprint density at radius 1 is 1.21 bits per heavy atom. The fourth-order valence-electron chi connectivity index (χ4n) is 1.50. The number of aryl methyl sites for hydroxylation is 1. The smallest absolute Gasteiger partial charge is 0.225 e. The number of rotatable bonds is 4. The van der Waals surface area contributed by atoms with Gasteiger partial charge in [-0.3, -0.25) is 0 Å². The van der Waals surface area contributed by atoms with Gasteiger partial charge in [-0.05, 0) is 29.7 Å². The molecule has 1 aromatic heterocycles. The van der Waals surface area contributed by atoms with E-state index in [2.05, 4.69) is 14.7 Å². The van der Waals surface area contributed by atoms with E-state index in [1.165, 1.54) is 12.4 Å². The first kappa shape index (κ1) is 13.9. The Morgan fingerprint density at radius 3 is 2.47 bits per heavy atom. The van der Waals surface area contributed by atoms with Gasteiger partial charge >= 0.3 is 0 Å². The van der Waals surface area contributed by atoms with Gasteiger partial charge in [-0.25, -0.2) is 23.1 Å². The van der Waals surface area contributed by atoms with Crippen LogP contribution in [0.15, 0.2) is 41.6 Å². The summed E-state index contributed by atoms with van der Waals surface area (Å²) in [6.07, 6.45) is 2.35. The van der Waals surface area contributed by atoms with Gasteiger partial charge in [-0.1, -0.05) is 24.3 Å². The molecule has 5 nitrogen and oxygen atoms in total. The molecule has 0 aliphatic rings. The van der Waals surface area contributed by atoms with Crippen LogP contribution < -0.4 is 4.72 Å². The normalized spacial score (nSPS) is 11.5. The van der Waals surface area contributed by atoms with Crippen LogP contribution in [0.2, 0.25) is 5.28 Å². The summed E-state index contributed by atoms with van der Waals surface area (Å²) in [7, 11) is -3.63. The van der Waals surface area contributed by atoms with Crippen LogP contribution in [0.3, 0.4) is 0 Å². The van der Waals surface area contributed by atoms with Crippen LogP contribution in [0.5, 0.6) is 0 Å². The highest BCUT2D eigenvalue weighted by molar-refractivity contribution is 7.89. The summed E-state index contributed by atoms with van der Waals surface area (Å²) in [5.74, 6) is 0. The second-order valence-corrected chi connectivity index (χ2v) is 6.04. The van der Waals surface area contributed by atoms with Crippen LogP contribution >= 0.6 is 11.6 Å². The number of nitrogens with one attached hydrogen (secondary N) is 1. The Balaban J connectivity index is 2.14. The molecule has 0 spiro atoms. The highest BCUT2D eigenvalue weighted by Gasteiger charge is 2.15. The van der Waals surface area contributed by atoms with E-state index in [1.807, 2.05) is 31.2 Å². The van der Waals surface area contributed by atoms with Gasteiger partial charge in [0.15, 0.2) is 0 Å². The summed E-state index contributed by atoms with van der Waals surface area (Å²) in [4.78, 5) is 7.30. The van der Waals surface area contributed by atoms with Crippen LogP contribution in [0.25, 0.3) is 0 Å². The fourth-order valence-corrected chi connectivity index (χ4v) is 2.50. The second kappa shape index (κ2) is 5.64. The molecule has 1 heterocycles. The average molecular weight is 298 g/mol. The Hall–Kier alpha value is -1.50. The van der Waals surface area contributed by atoms with E-state index in [0.717, 1.165) is 11.1 Å². The number of hydrogen-bond donors (Lipinski definition) is 1. The summed E-state index contributed by atoms with van der Waals surface area (Å²) in [6.45, 7) is 2.15. The average Bonchev–Trinajstić information content (AvgIpc) is 2.38. The zero-order valence-electron chi connectivity index (χ0n) is 10.2. The minimum atomic E-state index is -3.63. The van der Waals surface area contributed by atoms with Gasteiger partial charge in [0.1, 0.15) is 4.90 Å².